The smallest absolute Gasteiger partial charge is 0.418 e. The molecule has 5 nitrogen and oxygen atoms in total. The SMILES string of the molecule is CCOC(=O)C1CCCN(CC(=O)Nc2ccc(Cl)cc2C(F)(F)F)C1. The van der Waals surface area contributed by atoms with Gasteiger partial charge in [-0.2, -0.15) is 13.2 Å². The van der Waals surface area contributed by atoms with Crippen molar-refractivity contribution in [2.75, 3.05) is 31.6 Å². The molecule has 144 valence electrons. The van der Waals surface area contributed by atoms with Gasteiger partial charge in [0.05, 0.1) is 30.3 Å². The first-order valence-corrected chi connectivity index (χ1v) is 8.64. The summed E-state index contributed by atoms with van der Waals surface area (Å²) in [4.78, 5) is 25.7. The summed E-state index contributed by atoms with van der Waals surface area (Å²) in [6.07, 6.45) is -3.24. The Kier molecular flexibility index (Phi) is 6.88. The molecule has 26 heavy (non-hydrogen) atoms. The summed E-state index contributed by atoms with van der Waals surface area (Å²) in [5.41, 5.74) is -1.34. The highest BCUT2D eigenvalue weighted by Crippen LogP contribution is 2.36. The number of nitrogens with zero attached hydrogens (tertiary/aromatic N) is 1. The van der Waals surface area contributed by atoms with Gasteiger partial charge in [0, 0.05) is 11.6 Å². The first kappa shape index (κ1) is 20.5. The van der Waals surface area contributed by atoms with Crippen molar-refractivity contribution in [3.8, 4) is 0 Å². The highest BCUT2D eigenvalue weighted by Gasteiger charge is 2.34. The molecule has 0 radical (unpaired) electrons. The van der Waals surface area contributed by atoms with Crippen LogP contribution in [0.5, 0.6) is 0 Å². The number of hydrogen-bond donors (Lipinski definition) is 1. The number of esters is 1. The van der Waals surface area contributed by atoms with Gasteiger partial charge in [-0.1, -0.05) is 11.6 Å². The molecular weight excluding hydrogens is 373 g/mol. The van der Waals surface area contributed by atoms with E-state index >= 15 is 0 Å². The van der Waals surface area contributed by atoms with Crippen LogP contribution in [0, 0.1) is 5.92 Å². The Bertz CT molecular complexity index is 667. The van der Waals surface area contributed by atoms with E-state index in [2.05, 4.69) is 5.32 Å². The molecule has 1 atom stereocenters. The van der Waals surface area contributed by atoms with Crippen molar-refractivity contribution in [2.24, 2.45) is 5.92 Å². The molecule has 1 aromatic rings. The van der Waals surface area contributed by atoms with Gasteiger partial charge in [-0.05, 0) is 44.5 Å². The van der Waals surface area contributed by atoms with Gasteiger partial charge in [0.15, 0.2) is 0 Å². The number of hydrogen-bond acceptors (Lipinski definition) is 4. The van der Waals surface area contributed by atoms with E-state index in [1.54, 1.807) is 11.8 Å². The molecule has 1 fully saturated rings. The van der Waals surface area contributed by atoms with Crippen LogP contribution >= 0.6 is 11.6 Å². The quantitative estimate of drug-likeness (QED) is 0.778. The van der Waals surface area contributed by atoms with E-state index in [0.717, 1.165) is 12.1 Å². The molecule has 0 saturated carbocycles. The molecule has 1 saturated heterocycles. The number of likely N-dealkylation sites (tertiary alicyclic amines) is 1. The van der Waals surface area contributed by atoms with E-state index in [-0.39, 0.29) is 35.7 Å². The topological polar surface area (TPSA) is 58.6 Å². The van der Waals surface area contributed by atoms with Gasteiger partial charge < -0.3 is 10.1 Å². The molecule has 0 aliphatic carbocycles. The second-order valence-electron chi connectivity index (χ2n) is 6.06. The fraction of sp³-hybridized carbons (Fsp3) is 0.529. The van der Waals surface area contributed by atoms with Gasteiger partial charge in [-0.3, -0.25) is 14.5 Å². The van der Waals surface area contributed by atoms with Crippen molar-refractivity contribution in [3.05, 3.63) is 28.8 Å². The highest BCUT2D eigenvalue weighted by atomic mass is 35.5. The summed E-state index contributed by atoms with van der Waals surface area (Å²) in [5, 5.41) is 2.22. The second kappa shape index (κ2) is 8.73. The Balaban J connectivity index is 2.00. The highest BCUT2D eigenvalue weighted by molar-refractivity contribution is 6.30. The molecule has 1 unspecified atom stereocenters. The number of benzene rings is 1. The van der Waals surface area contributed by atoms with E-state index in [0.29, 0.717) is 25.9 Å². The fourth-order valence-electron chi connectivity index (χ4n) is 2.90. The van der Waals surface area contributed by atoms with E-state index in [4.69, 9.17) is 16.3 Å². The Hall–Kier alpha value is -1.80. The average Bonchev–Trinajstić information content (AvgIpc) is 2.56. The van der Waals surface area contributed by atoms with Gasteiger partial charge in [0.2, 0.25) is 5.91 Å². The van der Waals surface area contributed by atoms with E-state index in [1.165, 1.54) is 6.07 Å². The third-order valence-electron chi connectivity index (χ3n) is 4.05. The number of anilines is 1. The number of piperidine rings is 1. The Morgan fingerprint density at radius 3 is 2.77 bits per heavy atom. The number of alkyl halides is 3. The second-order valence-corrected chi connectivity index (χ2v) is 6.50. The molecule has 0 bridgehead atoms. The maximum Gasteiger partial charge on any atom is 0.418 e. The Morgan fingerprint density at radius 2 is 2.12 bits per heavy atom. The molecule has 2 rings (SSSR count). The molecule has 1 heterocycles. The van der Waals surface area contributed by atoms with Gasteiger partial charge in [-0.15, -0.1) is 0 Å². The molecule has 1 aliphatic heterocycles. The van der Waals surface area contributed by atoms with Gasteiger partial charge in [0.25, 0.3) is 0 Å². The number of carbonyl (C=O) groups is 2. The Morgan fingerprint density at radius 1 is 1.38 bits per heavy atom. The molecule has 1 N–H and O–H groups in total. The van der Waals surface area contributed by atoms with Crippen molar-refractivity contribution < 1.29 is 27.5 Å². The third kappa shape index (κ3) is 5.60. The summed E-state index contributed by atoms with van der Waals surface area (Å²) in [7, 11) is 0. The minimum atomic E-state index is -4.63. The van der Waals surface area contributed by atoms with Crippen molar-refractivity contribution in [3.63, 3.8) is 0 Å². The lowest BCUT2D eigenvalue weighted by atomic mass is 9.98. The summed E-state index contributed by atoms with van der Waals surface area (Å²) in [6.45, 7) is 2.84. The van der Waals surface area contributed by atoms with E-state index in [1.807, 2.05) is 0 Å². The molecular formula is C17H20ClF3N2O3. The molecule has 1 aliphatic rings. The molecule has 1 amide bonds. The summed E-state index contributed by atoms with van der Waals surface area (Å²) in [6, 6.07) is 3.18. The van der Waals surface area contributed by atoms with Crippen molar-refractivity contribution >= 4 is 29.2 Å². The van der Waals surface area contributed by atoms with Crippen LogP contribution in [0.3, 0.4) is 0 Å². The van der Waals surface area contributed by atoms with E-state index < -0.39 is 17.6 Å². The number of ether oxygens (including phenoxy) is 1. The van der Waals surface area contributed by atoms with Gasteiger partial charge >= 0.3 is 12.1 Å². The normalized spacial score (nSPS) is 18.4. The maximum absolute atomic E-state index is 13.1. The predicted molar refractivity (Wildman–Crippen MR) is 90.9 cm³/mol. The summed E-state index contributed by atoms with van der Waals surface area (Å²) in [5.74, 6) is -1.21. The van der Waals surface area contributed by atoms with Crippen LogP contribution in [-0.2, 0) is 20.5 Å². The predicted octanol–water partition coefficient (Wildman–Crippen LogP) is 3.57. The van der Waals surface area contributed by atoms with Crippen LogP contribution in [0.2, 0.25) is 5.02 Å². The van der Waals surface area contributed by atoms with Gasteiger partial charge in [0.1, 0.15) is 0 Å². The van der Waals surface area contributed by atoms with Crippen LogP contribution in [0.15, 0.2) is 18.2 Å². The zero-order valence-electron chi connectivity index (χ0n) is 14.2. The van der Waals surface area contributed by atoms with Crippen LogP contribution < -0.4 is 5.32 Å². The summed E-state index contributed by atoms with van der Waals surface area (Å²) >= 11 is 5.62. The number of rotatable bonds is 5. The Labute approximate surface area is 154 Å². The minimum absolute atomic E-state index is 0.0661. The first-order chi connectivity index (χ1) is 12.2. The number of amides is 1. The number of nitrogens with one attached hydrogen (secondary N) is 1. The fourth-order valence-corrected chi connectivity index (χ4v) is 3.08. The zero-order valence-corrected chi connectivity index (χ0v) is 15.0. The lowest BCUT2D eigenvalue weighted by Crippen LogP contribution is -2.43. The molecule has 9 heteroatoms. The number of halogens is 4. The summed E-state index contributed by atoms with van der Waals surface area (Å²) < 4.78 is 44.2. The monoisotopic (exact) mass is 392 g/mol. The molecule has 0 spiro atoms. The van der Waals surface area contributed by atoms with Crippen LogP contribution in [-0.4, -0.2) is 43.0 Å². The van der Waals surface area contributed by atoms with Crippen molar-refractivity contribution in [2.45, 2.75) is 25.9 Å². The van der Waals surface area contributed by atoms with E-state index in [9.17, 15) is 22.8 Å². The van der Waals surface area contributed by atoms with Crippen LogP contribution in [0.4, 0.5) is 18.9 Å². The van der Waals surface area contributed by atoms with Crippen molar-refractivity contribution in [1.82, 2.24) is 4.90 Å². The minimum Gasteiger partial charge on any atom is -0.466 e. The van der Waals surface area contributed by atoms with Crippen LogP contribution in [0.1, 0.15) is 25.3 Å². The average molecular weight is 393 g/mol. The largest absolute Gasteiger partial charge is 0.466 e. The van der Waals surface area contributed by atoms with Gasteiger partial charge in [-0.25, -0.2) is 0 Å². The number of carbonyl (C=O) groups excluding carboxylic acids is 2. The lowest BCUT2D eigenvalue weighted by Gasteiger charge is -2.30. The lowest BCUT2D eigenvalue weighted by molar-refractivity contribution is -0.150. The van der Waals surface area contributed by atoms with Crippen LogP contribution in [0.25, 0.3) is 0 Å². The molecule has 1 aromatic carbocycles. The molecule has 0 aromatic heterocycles. The third-order valence-corrected chi connectivity index (χ3v) is 4.29. The van der Waals surface area contributed by atoms with Crippen molar-refractivity contribution in [1.29, 1.82) is 0 Å². The zero-order chi connectivity index (χ0) is 19.3. The standard InChI is InChI=1S/C17H20ClF3N2O3/c1-2-26-16(25)11-4-3-7-23(9-11)10-15(24)22-14-6-5-12(18)8-13(14)17(19,20)21/h5-6,8,11H,2-4,7,9-10H2,1H3,(H,22,24). The maximum atomic E-state index is 13.1. The first-order valence-electron chi connectivity index (χ1n) is 8.26.